The summed E-state index contributed by atoms with van der Waals surface area (Å²) < 4.78 is 3.98. The average Bonchev–Trinajstić information content (AvgIpc) is 3.03. The van der Waals surface area contributed by atoms with Crippen LogP contribution in [0.2, 0.25) is 0 Å². The Labute approximate surface area is 147 Å². The van der Waals surface area contributed by atoms with Crippen molar-refractivity contribution in [2.45, 2.75) is 19.3 Å². The molecule has 3 aromatic carbocycles. The summed E-state index contributed by atoms with van der Waals surface area (Å²) in [6.07, 6.45) is 0. The van der Waals surface area contributed by atoms with Crippen LogP contribution in [0.3, 0.4) is 0 Å². The molecule has 1 heterocycles. The molecule has 1 aromatic heterocycles. The molecule has 0 radical (unpaired) electrons. The van der Waals surface area contributed by atoms with Gasteiger partial charge in [-0.15, -0.1) is 11.3 Å². The predicted molar refractivity (Wildman–Crippen MR) is 105 cm³/mol. The van der Waals surface area contributed by atoms with E-state index in [9.17, 15) is 0 Å². The van der Waals surface area contributed by atoms with E-state index in [2.05, 4.69) is 84.4 Å². The monoisotopic (exact) mass is 378 g/mol. The van der Waals surface area contributed by atoms with E-state index in [4.69, 9.17) is 0 Å². The smallest absolute Gasteiger partial charge is 0.0497 e. The maximum atomic E-state index is 3.72. The SMILES string of the molecule is CC1(C)c2ccccc2-c2ccc3c(sc4c(Br)cccc43)c21. The van der Waals surface area contributed by atoms with Crippen LogP contribution in [0.1, 0.15) is 25.0 Å². The van der Waals surface area contributed by atoms with Crippen LogP contribution in [0, 0.1) is 0 Å². The summed E-state index contributed by atoms with van der Waals surface area (Å²) in [4.78, 5) is 0. The molecular weight excluding hydrogens is 364 g/mol. The minimum Gasteiger partial charge on any atom is -0.134 e. The van der Waals surface area contributed by atoms with Gasteiger partial charge in [-0.05, 0) is 44.3 Å². The quantitative estimate of drug-likeness (QED) is 0.305. The van der Waals surface area contributed by atoms with Crippen molar-refractivity contribution in [2.24, 2.45) is 0 Å². The van der Waals surface area contributed by atoms with E-state index in [0.717, 1.165) is 0 Å². The van der Waals surface area contributed by atoms with Crippen molar-refractivity contribution >= 4 is 47.4 Å². The van der Waals surface area contributed by atoms with Crippen LogP contribution in [0.15, 0.2) is 59.1 Å². The summed E-state index contributed by atoms with van der Waals surface area (Å²) in [5, 5.41) is 2.74. The van der Waals surface area contributed by atoms with Crippen LogP contribution in [0.25, 0.3) is 31.3 Å². The van der Waals surface area contributed by atoms with Crippen molar-refractivity contribution in [1.82, 2.24) is 0 Å². The van der Waals surface area contributed by atoms with Gasteiger partial charge in [0.25, 0.3) is 0 Å². The summed E-state index contributed by atoms with van der Waals surface area (Å²) in [6.45, 7) is 4.72. The van der Waals surface area contributed by atoms with Crippen LogP contribution in [0.5, 0.6) is 0 Å². The van der Waals surface area contributed by atoms with Crippen LogP contribution >= 0.6 is 27.3 Å². The highest BCUT2D eigenvalue weighted by atomic mass is 79.9. The Balaban J connectivity index is 1.99. The van der Waals surface area contributed by atoms with Gasteiger partial charge in [-0.2, -0.15) is 0 Å². The topological polar surface area (TPSA) is 0 Å². The van der Waals surface area contributed by atoms with Crippen molar-refractivity contribution in [2.75, 3.05) is 0 Å². The van der Waals surface area contributed by atoms with Gasteiger partial charge in [-0.3, -0.25) is 0 Å². The number of hydrogen-bond acceptors (Lipinski definition) is 1. The molecule has 0 unspecified atom stereocenters. The zero-order valence-electron chi connectivity index (χ0n) is 13.0. The first-order valence-corrected chi connectivity index (χ1v) is 9.44. The van der Waals surface area contributed by atoms with Crippen molar-refractivity contribution in [1.29, 1.82) is 0 Å². The minimum atomic E-state index is 0.0544. The highest BCUT2D eigenvalue weighted by molar-refractivity contribution is 9.10. The molecule has 0 N–H and O–H groups in total. The fraction of sp³-hybridized carbons (Fsp3) is 0.143. The highest BCUT2D eigenvalue weighted by Gasteiger charge is 2.37. The van der Waals surface area contributed by atoms with E-state index < -0.39 is 0 Å². The minimum absolute atomic E-state index is 0.0544. The van der Waals surface area contributed by atoms with Gasteiger partial charge < -0.3 is 0 Å². The van der Waals surface area contributed by atoms with E-state index in [-0.39, 0.29) is 5.41 Å². The van der Waals surface area contributed by atoms with Crippen LogP contribution < -0.4 is 0 Å². The lowest BCUT2D eigenvalue weighted by Crippen LogP contribution is -2.14. The van der Waals surface area contributed by atoms with E-state index in [1.807, 2.05) is 11.3 Å². The molecule has 4 aromatic rings. The Kier molecular flexibility index (Phi) is 2.67. The molecule has 2 heteroatoms. The molecule has 0 saturated carbocycles. The average molecular weight is 379 g/mol. The number of hydrogen-bond donors (Lipinski definition) is 0. The molecule has 5 rings (SSSR count). The van der Waals surface area contributed by atoms with Gasteiger partial charge in [0.05, 0.1) is 0 Å². The highest BCUT2D eigenvalue weighted by Crippen LogP contribution is 2.54. The first kappa shape index (κ1) is 13.8. The molecule has 0 bridgehead atoms. The van der Waals surface area contributed by atoms with Gasteiger partial charge in [0, 0.05) is 30.1 Å². The molecule has 0 fully saturated rings. The third-order valence-corrected chi connectivity index (χ3v) is 7.33. The van der Waals surface area contributed by atoms with E-state index in [0.29, 0.717) is 0 Å². The molecule has 1 aliphatic carbocycles. The number of benzene rings is 3. The fourth-order valence-corrected chi connectivity index (χ4v) is 6.09. The largest absolute Gasteiger partial charge is 0.134 e. The summed E-state index contributed by atoms with van der Waals surface area (Å²) in [5.41, 5.74) is 5.79. The maximum Gasteiger partial charge on any atom is 0.0497 e. The number of thiophene rings is 1. The Morgan fingerprint density at radius 1 is 0.783 bits per heavy atom. The molecule has 112 valence electrons. The van der Waals surface area contributed by atoms with Crippen molar-refractivity contribution in [3.05, 3.63) is 70.2 Å². The van der Waals surface area contributed by atoms with Crippen molar-refractivity contribution in [3.63, 3.8) is 0 Å². The second-order valence-corrected chi connectivity index (χ2v) is 8.63. The van der Waals surface area contributed by atoms with Crippen LogP contribution in [0.4, 0.5) is 0 Å². The molecule has 0 aliphatic heterocycles. The maximum absolute atomic E-state index is 3.72. The van der Waals surface area contributed by atoms with Crippen LogP contribution in [-0.2, 0) is 5.41 Å². The van der Waals surface area contributed by atoms with E-state index >= 15 is 0 Å². The third-order valence-electron chi connectivity index (χ3n) is 5.13. The molecule has 0 nitrogen and oxygen atoms in total. The fourth-order valence-electron chi connectivity index (χ4n) is 4.07. The van der Waals surface area contributed by atoms with Gasteiger partial charge in [0.2, 0.25) is 0 Å². The summed E-state index contributed by atoms with van der Waals surface area (Å²) >= 11 is 5.64. The van der Waals surface area contributed by atoms with Gasteiger partial charge in [0.15, 0.2) is 0 Å². The standard InChI is InChI=1S/C21H15BrS/c1-21(2)16-8-4-3-6-12(16)13-10-11-15-14-7-5-9-17(22)19(14)23-20(15)18(13)21/h3-11H,1-2H3. The van der Waals surface area contributed by atoms with Gasteiger partial charge in [0.1, 0.15) is 0 Å². The molecule has 0 saturated heterocycles. The van der Waals surface area contributed by atoms with Gasteiger partial charge >= 0.3 is 0 Å². The molecule has 0 amide bonds. The predicted octanol–water partition coefficient (Wildman–Crippen LogP) is 7.12. The Morgan fingerprint density at radius 2 is 1.57 bits per heavy atom. The zero-order valence-corrected chi connectivity index (χ0v) is 15.4. The third kappa shape index (κ3) is 1.66. The number of halogens is 1. The first-order chi connectivity index (χ1) is 11.1. The van der Waals surface area contributed by atoms with Gasteiger partial charge in [-0.1, -0.05) is 62.4 Å². The van der Waals surface area contributed by atoms with Crippen molar-refractivity contribution < 1.29 is 0 Å². The zero-order chi connectivity index (χ0) is 15.8. The number of rotatable bonds is 0. The summed E-state index contributed by atoms with van der Waals surface area (Å²) in [6, 6.07) is 20.0. The lowest BCUT2D eigenvalue weighted by atomic mass is 9.82. The first-order valence-electron chi connectivity index (χ1n) is 7.83. The molecule has 0 atom stereocenters. The van der Waals surface area contributed by atoms with Crippen molar-refractivity contribution in [3.8, 4) is 11.1 Å². The molecular formula is C21H15BrS. The van der Waals surface area contributed by atoms with E-state index in [1.165, 1.54) is 46.9 Å². The number of fused-ring (bicyclic) bond motifs is 7. The van der Waals surface area contributed by atoms with E-state index in [1.54, 1.807) is 0 Å². The second kappa shape index (κ2) is 4.46. The summed E-state index contributed by atoms with van der Waals surface area (Å²) in [7, 11) is 0. The second-order valence-electron chi connectivity index (χ2n) is 6.75. The lowest BCUT2D eigenvalue weighted by Gasteiger charge is -2.22. The summed E-state index contributed by atoms with van der Waals surface area (Å²) in [5.74, 6) is 0. The normalized spacial score (nSPS) is 15.1. The Bertz CT molecular complexity index is 1100. The van der Waals surface area contributed by atoms with Crippen LogP contribution in [-0.4, -0.2) is 0 Å². The Hall–Kier alpha value is -1.64. The van der Waals surface area contributed by atoms with Gasteiger partial charge in [-0.25, -0.2) is 0 Å². The molecule has 0 spiro atoms. The lowest BCUT2D eigenvalue weighted by molar-refractivity contribution is 0.667. The molecule has 1 aliphatic rings. The molecule has 23 heavy (non-hydrogen) atoms. The Morgan fingerprint density at radius 3 is 2.43 bits per heavy atom.